The maximum atomic E-state index is 12.6. The number of carboxylic acids is 1. The number of hydrogen-bond donors (Lipinski definition) is 4. The summed E-state index contributed by atoms with van der Waals surface area (Å²) < 4.78 is 71.4. The number of sulfone groups is 1. The Morgan fingerprint density at radius 1 is 1.09 bits per heavy atom. The van der Waals surface area contributed by atoms with Crippen LogP contribution < -0.4 is 15.9 Å². The molecular formula is C30H34Cl3F3N5O12PS2. The lowest BCUT2D eigenvalue weighted by Gasteiger charge is -2.18. The number of nitrogen functional groups attached to an aromatic ring is 1. The molecule has 0 radical (unpaired) electrons. The number of aromatic nitrogens is 2. The van der Waals surface area contributed by atoms with E-state index in [-0.39, 0.29) is 44.1 Å². The van der Waals surface area contributed by atoms with Crippen molar-refractivity contribution in [3.8, 4) is 5.69 Å². The van der Waals surface area contributed by atoms with E-state index in [1.54, 1.807) is 0 Å². The number of carbonyl (C=O) groups excluding carboxylic acids is 3. The monoisotopic (exact) mass is 913 g/mol. The Labute approximate surface area is 335 Å². The topological polar surface area (TPSA) is 282 Å². The molecule has 2 aromatic carbocycles. The summed E-state index contributed by atoms with van der Waals surface area (Å²) in [5, 5.41) is 23.4. The van der Waals surface area contributed by atoms with Crippen LogP contribution in [0.4, 0.5) is 24.7 Å². The van der Waals surface area contributed by atoms with Crippen LogP contribution in [0, 0.1) is 16.0 Å². The van der Waals surface area contributed by atoms with E-state index in [1.807, 2.05) is 5.32 Å². The van der Waals surface area contributed by atoms with E-state index in [0.717, 1.165) is 23.2 Å². The molecule has 1 aliphatic rings. The van der Waals surface area contributed by atoms with E-state index < -0.39 is 87.7 Å². The third-order valence-corrected chi connectivity index (χ3v) is 9.14. The molecule has 56 heavy (non-hydrogen) atoms. The van der Waals surface area contributed by atoms with Crippen molar-refractivity contribution in [1.29, 1.82) is 0 Å². The number of nitrogens with zero attached hydrogens (tertiary/aromatic N) is 3. The Bertz CT molecular complexity index is 2070. The minimum Gasteiger partial charge on any atom is -0.778 e. The van der Waals surface area contributed by atoms with Crippen molar-refractivity contribution in [2.24, 2.45) is 5.92 Å². The normalized spacial score (nSPS) is 14.3. The van der Waals surface area contributed by atoms with Gasteiger partial charge >= 0.3 is 17.8 Å². The molecule has 1 fully saturated rings. The molecule has 1 heterocycles. The first-order valence-corrected chi connectivity index (χ1v) is 22.3. The summed E-state index contributed by atoms with van der Waals surface area (Å²) in [5.74, 6) is -4.34. The van der Waals surface area contributed by atoms with Crippen LogP contribution in [-0.2, 0) is 45.9 Å². The number of carboxylic acid groups (broad SMARTS) is 1. The van der Waals surface area contributed by atoms with Crippen LogP contribution in [0.2, 0.25) is 15.1 Å². The van der Waals surface area contributed by atoms with Gasteiger partial charge in [-0.25, -0.2) is 13.1 Å². The maximum Gasteiger partial charge on any atom is 0.416 e. The smallest absolute Gasteiger partial charge is 0.416 e. The molecule has 0 aliphatic heterocycles. The van der Waals surface area contributed by atoms with Gasteiger partial charge in [0.1, 0.15) is 25.4 Å². The van der Waals surface area contributed by atoms with Crippen LogP contribution in [0.25, 0.3) is 5.69 Å². The molecule has 1 aromatic heterocycles. The lowest BCUT2D eigenvalue weighted by molar-refractivity contribution is -0.383. The van der Waals surface area contributed by atoms with Crippen LogP contribution in [0.1, 0.15) is 35.2 Å². The third kappa shape index (κ3) is 16.1. The second-order valence-corrected chi connectivity index (χ2v) is 19.0. The van der Waals surface area contributed by atoms with Crippen LogP contribution in [0.5, 0.6) is 0 Å². The van der Waals surface area contributed by atoms with Gasteiger partial charge in [0.25, 0.3) is 0 Å². The number of benzene rings is 2. The van der Waals surface area contributed by atoms with Gasteiger partial charge in [0.05, 0.1) is 62.0 Å². The lowest BCUT2D eigenvalue weighted by Crippen LogP contribution is -2.35. The summed E-state index contributed by atoms with van der Waals surface area (Å²) >= 11 is 17.5. The Morgan fingerprint density at radius 3 is 1.96 bits per heavy atom. The van der Waals surface area contributed by atoms with Crippen molar-refractivity contribution >= 4 is 98.0 Å². The van der Waals surface area contributed by atoms with E-state index in [0.29, 0.717) is 29.4 Å². The van der Waals surface area contributed by atoms with E-state index in [1.165, 1.54) is 12.1 Å². The highest BCUT2D eigenvalue weighted by Crippen LogP contribution is 2.39. The molecule has 3 aromatic rings. The molecule has 0 amide bonds. The molecule has 4 rings (SSSR count). The van der Waals surface area contributed by atoms with Gasteiger partial charge in [-0.1, -0.05) is 34.8 Å². The fourth-order valence-corrected chi connectivity index (χ4v) is 6.21. The summed E-state index contributed by atoms with van der Waals surface area (Å²) in [6.45, 7) is -0.479. The molecule has 1 aliphatic carbocycles. The van der Waals surface area contributed by atoms with Gasteiger partial charge in [0.15, 0.2) is 27.2 Å². The highest BCUT2D eigenvalue weighted by molar-refractivity contribution is 7.94. The molecule has 5 N–H and O–H groups in total. The first-order valence-electron chi connectivity index (χ1n) is 15.1. The molecule has 0 spiro atoms. The van der Waals surface area contributed by atoms with E-state index in [9.17, 15) is 60.3 Å². The van der Waals surface area contributed by atoms with Crippen molar-refractivity contribution in [2.75, 3.05) is 43.6 Å². The van der Waals surface area contributed by atoms with Crippen molar-refractivity contribution in [2.45, 2.75) is 30.3 Å². The Hall–Kier alpha value is -3.60. The van der Waals surface area contributed by atoms with E-state index in [2.05, 4.69) is 23.9 Å². The minimum absolute atomic E-state index is 0.00216. The van der Waals surface area contributed by atoms with Crippen molar-refractivity contribution < 1.29 is 65.1 Å². The Morgan fingerprint density at radius 2 is 1.59 bits per heavy atom. The SMILES string of the molecule is CS(=O)(=O)c1ccc(C(=O)C2C(=O)CCCC2=O)c(Cl)c1.C[S+](C)C.Nc1c([N+](=O)[O-])cnn1-c1c(Cl)cc(C(F)(F)F)cc1Cl.O=C(O)CNCP(=O)([O-])O. The van der Waals surface area contributed by atoms with Crippen LogP contribution in [0.3, 0.4) is 0 Å². The summed E-state index contributed by atoms with van der Waals surface area (Å²) in [7, 11) is -7.15. The molecule has 17 nitrogen and oxygen atoms in total. The summed E-state index contributed by atoms with van der Waals surface area (Å²) in [5.41, 5.74) is 3.78. The quantitative estimate of drug-likeness (QED) is 0.0584. The molecule has 0 bridgehead atoms. The number of halogens is 6. The van der Waals surface area contributed by atoms with Crippen LogP contribution in [-0.4, -0.2) is 94.3 Å². The van der Waals surface area contributed by atoms with Crippen LogP contribution >= 0.6 is 42.4 Å². The third-order valence-electron chi connectivity index (χ3n) is 6.51. The standard InChI is InChI=1S/C14H13ClO5S.C10H5Cl2F3N4O2.C3H8NO5P.C3H9S/c1-21(19,20)8-5-6-9(10(15)7-8)14(18)13-11(16)3-2-4-12(13)17;11-5-1-4(10(13,14)15)2-6(12)8(5)18-9(16)7(3-17-18)19(20)21;5-3(6)1-4-2-10(7,8)9;1-4(2)3/h5-7,13H,2-4H2,1H3;1-3H,16H2;4H,1-2H2,(H,5,6)(H2,7,8,9);1-3H3/q;;;+1/p-1. The zero-order chi connectivity index (χ0) is 43.5. The van der Waals surface area contributed by atoms with E-state index in [4.69, 9.17) is 50.5 Å². The predicted molar refractivity (Wildman–Crippen MR) is 201 cm³/mol. The number of anilines is 1. The first-order chi connectivity index (χ1) is 25.5. The van der Waals surface area contributed by atoms with Crippen molar-refractivity contribution in [3.05, 3.63) is 72.8 Å². The van der Waals surface area contributed by atoms with Gasteiger partial charge in [-0.3, -0.25) is 34.6 Å². The zero-order valence-electron chi connectivity index (χ0n) is 29.5. The number of rotatable bonds is 9. The van der Waals surface area contributed by atoms with Gasteiger partial charge < -0.3 is 25.2 Å². The van der Waals surface area contributed by atoms with Gasteiger partial charge in [0.2, 0.25) is 5.82 Å². The first kappa shape index (κ1) is 50.4. The van der Waals surface area contributed by atoms with Crippen molar-refractivity contribution in [3.63, 3.8) is 0 Å². The second kappa shape index (κ2) is 21.2. The largest absolute Gasteiger partial charge is 0.778 e. The molecule has 1 atom stereocenters. The van der Waals surface area contributed by atoms with Crippen LogP contribution in [0.15, 0.2) is 41.4 Å². The van der Waals surface area contributed by atoms with Gasteiger partial charge in [-0.15, -0.1) is 0 Å². The average Bonchev–Trinajstić information content (AvgIpc) is 3.40. The molecular weight excluding hydrogens is 881 g/mol. The number of nitrogens with two attached hydrogens (primary N) is 1. The predicted octanol–water partition coefficient (Wildman–Crippen LogP) is 4.21. The fraction of sp³-hybridized carbons (Fsp3) is 0.367. The van der Waals surface area contributed by atoms with Gasteiger partial charge in [-0.2, -0.15) is 18.3 Å². The Kier molecular flexibility index (Phi) is 19.1. The summed E-state index contributed by atoms with van der Waals surface area (Å²) in [6, 6.07) is 4.91. The number of carbonyl (C=O) groups is 4. The summed E-state index contributed by atoms with van der Waals surface area (Å²) in [4.78, 5) is 73.5. The number of Topliss-reactive ketones (excluding diaryl/α,β-unsaturated/α-hetero) is 3. The highest BCUT2D eigenvalue weighted by Gasteiger charge is 2.37. The molecule has 26 heteroatoms. The number of nitro groups is 1. The number of nitrogens with one attached hydrogen (secondary N) is 1. The molecule has 0 saturated heterocycles. The average molecular weight is 915 g/mol. The second-order valence-electron chi connectivity index (χ2n) is 11.7. The fourth-order valence-electron chi connectivity index (χ4n) is 4.18. The molecule has 1 saturated carbocycles. The summed E-state index contributed by atoms with van der Waals surface area (Å²) in [6.07, 6.45) is 3.96. The zero-order valence-corrected chi connectivity index (χ0v) is 34.3. The molecule has 310 valence electrons. The van der Waals surface area contributed by atoms with E-state index >= 15 is 0 Å². The number of alkyl halides is 3. The van der Waals surface area contributed by atoms with Crippen molar-refractivity contribution in [1.82, 2.24) is 15.1 Å². The minimum atomic E-state index is -4.63. The lowest BCUT2D eigenvalue weighted by atomic mass is 9.82. The Balaban J connectivity index is 0.000000423. The highest BCUT2D eigenvalue weighted by atomic mass is 35.5. The number of ketones is 3. The molecule has 1 unspecified atom stereocenters. The maximum absolute atomic E-state index is 12.6. The number of hydrogen-bond acceptors (Lipinski definition) is 13. The number of aliphatic carboxylic acids is 1. The van der Waals surface area contributed by atoms with Gasteiger partial charge in [0, 0.05) is 24.7 Å². The van der Waals surface area contributed by atoms with Gasteiger partial charge in [-0.05, 0) is 47.6 Å².